The molecule has 0 rings (SSSR count). The predicted octanol–water partition coefficient (Wildman–Crippen LogP) is 3.20. The first-order valence-corrected chi connectivity index (χ1v) is 8.54. The summed E-state index contributed by atoms with van der Waals surface area (Å²) in [6.45, 7) is 2.13. The van der Waals surface area contributed by atoms with Crippen LogP contribution in [0.25, 0.3) is 0 Å². The molecular formula is C4H9Cl2PSe. The predicted molar refractivity (Wildman–Crippen MR) is 44.2 cm³/mol. The van der Waals surface area contributed by atoms with Gasteiger partial charge in [0.25, 0.3) is 0 Å². The Balaban J connectivity index is 3.26. The third kappa shape index (κ3) is 7.53. The van der Waals surface area contributed by atoms with Gasteiger partial charge in [-0.15, -0.1) is 0 Å². The second-order valence-electron chi connectivity index (χ2n) is 1.65. The number of rotatable bonds is 3. The van der Waals surface area contributed by atoms with E-state index in [9.17, 15) is 0 Å². The normalized spacial score (nSPS) is 11.9. The first-order chi connectivity index (χ1) is 3.56. The molecule has 0 atom stereocenters. The number of unbranched alkanes of at least 4 members (excludes halogenated alkanes) is 1. The summed E-state index contributed by atoms with van der Waals surface area (Å²) in [7, 11) is 0. The molecule has 0 amide bonds. The molecule has 0 spiro atoms. The van der Waals surface area contributed by atoms with Crippen LogP contribution in [0.5, 0.6) is 0 Å². The Hall–Kier alpha value is 1.53. The Morgan fingerprint density at radius 3 is 2.12 bits per heavy atom. The molecule has 0 fully saturated rings. The van der Waals surface area contributed by atoms with Crippen LogP contribution in [0.1, 0.15) is 19.8 Å². The van der Waals surface area contributed by atoms with E-state index in [0.29, 0.717) is 0 Å². The molecule has 0 heterocycles. The molecule has 0 bridgehead atoms. The maximum atomic E-state index is 5.73. The molecule has 0 saturated carbocycles. The molecule has 0 nitrogen and oxygen atoms in total. The minimum absolute atomic E-state index is 0.951. The van der Waals surface area contributed by atoms with E-state index in [2.05, 4.69) is 22.0 Å². The van der Waals surface area contributed by atoms with Crippen molar-refractivity contribution in [3.05, 3.63) is 0 Å². The topological polar surface area (TPSA) is 0 Å². The van der Waals surface area contributed by atoms with Crippen LogP contribution in [0.15, 0.2) is 0 Å². The van der Waals surface area contributed by atoms with Gasteiger partial charge in [-0.3, -0.25) is 0 Å². The minimum atomic E-state index is -1.61. The Bertz CT molecular complexity index is 98.2. The molecule has 0 saturated heterocycles. The summed E-state index contributed by atoms with van der Waals surface area (Å²) in [5, 5.41) is 0. The number of hydrogen-bond donors (Lipinski definition) is 0. The summed E-state index contributed by atoms with van der Waals surface area (Å²) >= 11 is 14.3. The van der Waals surface area contributed by atoms with Crippen molar-refractivity contribution in [2.45, 2.75) is 19.8 Å². The van der Waals surface area contributed by atoms with E-state index in [1.165, 1.54) is 6.42 Å². The Kier molecular flexibility index (Phi) is 5.20. The third-order valence-corrected chi connectivity index (χ3v) is 3.77. The standard InChI is InChI=1S/C4H9Cl2PSe/c1-2-3-4-7(5,6)8/h2-4H2,1H3. The number of hydrogen-bond acceptors (Lipinski definition) is 0. The maximum absolute atomic E-state index is 5.73. The van der Waals surface area contributed by atoms with Gasteiger partial charge in [0.2, 0.25) is 0 Å². The van der Waals surface area contributed by atoms with Gasteiger partial charge in [0.1, 0.15) is 0 Å². The van der Waals surface area contributed by atoms with E-state index in [1.807, 2.05) is 0 Å². The zero-order valence-electron chi connectivity index (χ0n) is 4.73. The van der Waals surface area contributed by atoms with Gasteiger partial charge in [-0.25, -0.2) is 0 Å². The van der Waals surface area contributed by atoms with E-state index in [4.69, 9.17) is 22.5 Å². The van der Waals surface area contributed by atoms with Gasteiger partial charge in [-0.1, -0.05) is 0 Å². The summed E-state index contributed by atoms with van der Waals surface area (Å²) in [6, 6.07) is 0. The Labute approximate surface area is 67.7 Å². The Morgan fingerprint density at radius 1 is 1.50 bits per heavy atom. The van der Waals surface area contributed by atoms with Crippen molar-refractivity contribution >= 4 is 41.8 Å². The van der Waals surface area contributed by atoms with E-state index in [-0.39, 0.29) is 0 Å². The summed E-state index contributed by atoms with van der Waals surface area (Å²) in [5.74, 6) is 0. The first-order valence-electron chi connectivity index (χ1n) is 2.54. The summed E-state index contributed by atoms with van der Waals surface area (Å²) in [5.41, 5.74) is 0. The van der Waals surface area contributed by atoms with E-state index in [0.717, 1.165) is 12.6 Å². The van der Waals surface area contributed by atoms with Crippen LogP contribution in [0.3, 0.4) is 0 Å². The van der Waals surface area contributed by atoms with Gasteiger partial charge in [0.15, 0.2) is 0 Å². The second-order valence-corrected chi connectivity index (χ2v) is 13.9. The number of halogens is 2. The van der Waals surface area contributed by atoms with Crippen LogP contribution < -0.4 is 0 Å². The van der Waals surface area contributed by atoms with Crippen LogP contribution in [0, 0.1) is 0 Å². The molecule has 0 aliphatic heterocycles. The van der Waals surface area contributed by atoms with Crippen molar-refractivity contribution in [3.63, 3.8) is 0 Å². The Morgan fingerprint density at radius 2 is 2.00 bits per heavy atom. The van der Waals surface area contributed by atoms with E-state index in [1.54, 1.807) is 0 Å². The van der Waals surface area contributed by atoms with E-state index < -0.39 is 4.21 Å². The second kappa shape index (κ2) is 4.36. The first kappa shape index (κ1) is 9.53. The fourth-order valence-corrected chi connectivity index (χ4v) is 2.56. The molecule has 50 valence electrons. The van der Waals surface area contributed by atoms with Gasteiger partial charge >= 0.3 is 67.7 Å². The van der Waals surface area contributed by atoms with Gasteiger partial charge in [0, 0.05) is 0 Å². The molecular weight excluding hydrogens is 229 g/mol. The molecule has 8 heavy (non-hydrogen) atoms. The van der Waals surface area contributed by atoms with Crippen LogP contribution in [0.4, 0.5) is 0 Å². The van der Waals surface area contributed by atoms with Gasteiger partial charge < -0.3 is 0 Å². The van der Waals surface area contributed by atoms with Crippen molar-refractivity contribution in [2.24, 2.45) is 0 Å². The molecule has 0 aliphatic rings. The van der Waals surface area contributed by atoms with E-state index >= 15 is 0 Å². The van der Waals surface area contributed by atoms with Crippen LogP contribution >= 0.6 is 26.7 Å². The zero-order valence-corrected chi connectivity index (χ0v) is 8.85. The molecule has 0 aromatic heterocycles. The van der Waals surface area contributed by atoms with Crippen LogP contribution in [0.2, 0.25) is 0 Å². The molecule has 0 aromatic rings. The van der Waals surface area contributed by atoms with Crippen LogP contribution in [-0.4, -0.2) is 21.3 Å². The van der Waals surface area contributed by atoms with Crippen molar-refractivity contribution < 1.29 is 0 Å². The van der Waals surface area contributed by atoms with Crippen molar-refractivity contribution in [1.29, 1.82) is 0 Å². The zero-order chi connectivity index (χ0) is 6.62. The molecule has 0 aromatic carbocycles. The fraction of sp³-hybridized carbons (Fsp3) is 1.00. The SMILES string of the molecule is CCCCP(Cl)(Cl)=[Se]. The average molecular weight is 238 g/mol. The summed E-state index contributed by atoms with van der Waals surface area (Å²) in [6.07, 6.45) is 3.25. The summed E-state index contributed by atoms with van der Waals surface area (Å²) in [4.78, 5) is 0. The molecule has 0 unspecified atom stereocenters. The molecule has 0 radical (unpaired) electrons. The van der Waals surface area contributed by atoms with Crippen LogP contribution in [-0.2, 0) is 0 Å². The van der Waals surface area contributed by atoms with Gasteiger partial charge in [0.05, 0.1) is 0 Å². The molecule has 0 aliphatic carbocycles. The van der Waals surface area contributed by atoms with Gasteiger partial charge in [-0.2, -0.15) is 0 Å². The monoisotopic (exact) mass is 238 g/mol. The van der Waals surface area contributed by atoms with Gasteiger partial charge in [-0.05, 0) is 0 Å². The summed E-state index contributed by atoms with van der Waals surface area (Å²) < 4.78 is -1.61. The molecule has 0 N–H and O–H groups in total. The van der Waals surface area contributed by atoms with Crippen molar-refractivity contribution in [1.82, 2.24) is 0 Å². The third-order valence-electron chi connectivity index (χ3n) is 0.772. The molecule has 4 heteroatoms. The average Bonchev–Trinajstić information content (AvgIpc) is 1.59. The van der Waals surface area contributed by atoms with Crippen molar-refractivity contribution in [2.75, 3.05) is 6.16 Å². The fourth-order valence-electron chi connectivity index (χ4n) is 0.342. The quantitative estimate of drug-likeness (QED) is 0.523. The van der Waals surface area contributed by atoms with Crippen molar-refractivity contribution in [3.8, 4) is 0 Å².